The minimum absolute atomic E-state index is 0.00485. The zero-order valence-electron chi connectivity index (χ0n) is 26.8. The Balaban J connectivity index is 1.58. The number of pyridine rings is 1. The molecule has 7 rings (SSSR count). The van der Waals surface area contributed by atoms with Crippen molar-refractivity contribution < 1.29 is 13.4 Å². The summed E-state index contributed by atoms with van der Waals surface area (Å²) in [6, 6.07) is 28.9. The van der Waals surface area contributed by atoms with E-state index in [1.54, 1.807) is 0 Å². The van der Waals surface area contributed by atoms with E-state index in [2.05, 4.69) is 75.6 Å². The molecule has 2 aromatic heterocycles. The summed E-state index contributed by atoms with van der Waals surface area (Å²) >= 11 is 0. The topological polar surface area (TPSA) is 20.3 Å². The number of nitrogens with zero attached hydrogens (tertiary/aromatic N) is 2. The number of aryl methyl sites for hydroxylation is 2. The van der Waals surface area contributed by atoms with Gasteiger partial charge >= 0.3 is 0 Å². The number of furan rings is 1. The van der Waals surface area contributed by atoms with Crippen molar-refractivity contribution in [2.24, 2.45) is 7.05 Å². The maximum atomic E-state index is 17.2. The van der Waals surface area contributed by atoms with E-state index in [1.165, 1.54) is 11.1 Å². The predicted octanol–water partition coefficient (Wildman–Crippen LogP) is 10.3. The largest absolute Gasteiger partial charge is 0.454 e. The molecule has 2 heterocycles. The summed E-state index contributed by atoms with van der Waals surface area (Å²) in [5, 5.41) is 1.89. The Morgan fingerprint density at radius 1 is 0.750 bits per heavy atom. The fourth-order valence-electron chi connectivity index (χ4n) is 7.17. The minimum atomic E-state index is -0.278. The summed E-state index contributed by atoms with van der Waals surface area (Å²) in [5.41, 5.74) is 10.1. The average molecular weight is 584 g/mol. The Morgan fingerprint density at radius 3 is 2.16 bits per heavy atom. The van der Waals surface area contributed by atoms with Gasteiger partial charge in [0.1, 0.15) is 18.2 Å². The number of rotatable bonds is 4. The SMILES string of the molecule is Cc1ccc2c(oc3c(-c4ccc5c(c4)C(C)(C)CCC5(C)C)c(F)c(N(C)c4ccccc4)cc32)c1-c1cccc[n+]1C. The van der Waals surface area contributed by atoms with Crippen LogP contribution in [-0.2, 0) is 17.9 Å². The molecule has 0 unspecified atom stereocenters. The fourth-order valence-corrected chi connectivity index (χ4v) is 7.17. The van der Waals surface area contributed by atoms with Crippen LogP contribution in [0.4, 0.5) is 15.8 Å². The van der Waals surface area contributed by atoms with E-state index in [-0.39, 0.29) is 16.6 Å². The van der Waals surface area contributed by atoms with Gasteiger partial charge in [0.05, 0.1) is 16.8 Å². The molecule has 3 nitrogen and oxygen atoms in total. The second-order valence-corrected chi connectivity index (χ2v) is 13.8. The highest BCUT2D eigenvalue weighted by Crippen LogP contribution is 2.49. The van der Waals surface area contributed by atoms with E-state index in [0.29, 0.717) is 16.8 Å². The van der Waals surface area contributed by atoms with Gasteiger partial charge in [0.15, 0.2) is 12.0 Å². The van der Waals surface area contributed by atoms with E-state index < -0.39 is 0 Å². The summed E-state index contributed by atoms with van der Waals surface area (Å²) in [5.74, 6) is -0.278. The number of halogens is 1. The summed E-state index contributed by atoms with van der Waals surface area (Å²) in [4.78, 5) is 1.94. The lowest BCUT2D eigenvalue weighted by Gasteiger charge is -2.42. The van der Waals surface area contributed by atoms with E-state index in [1.807, 2.05) is 73.7 Å². The summed E-state index contributed by atoms with van der Waals surface area (Å²) in [6.07, 6.45) is 4.27. The standard InChI is InChI=1S/C40H40FN2O/c1-25-16-18-28-29-24-33(43(7)27-13-9-8-10-14-27)36(41)35(38(29)44-37(28)34(25)32-15-11-12-22-42(32)6)26-17-19-30-31(23-26)40(4,5)21-20-39(30,2)3/h8-19,22-24H,20-21H2,1-7H3/q+1. The van der Waals surface area contributed by atoms with Crippen LogP contribution in [0.1, 0.15) is 57.2 Å². The van der Waals surface area contributed by atoms with Crippen molar-refractivity contribution in [2.75, 3.05) is 11.9 Å². The zero-order chi connectivity index (χ0) is 31.0. The normalized spacial score (nSPS) is 15.5. The Labute approximate surface area is 259 Å². The molecule has 0 radical (unpaired) electrons. The molecule has 1 aliphatic carbocycles. The molecule has 4 heteroatoms. The number of aromatic nitrogens is 1. The quantitative estimate of drug-likeness (QED) is 0.192. The van der Waals surface area contributed by atoms with E-state index in [0.717, 1.165) is 57.3 Å². The van der Waals surface area contributed by atoms with Gasteiger partial charge in [-0.05, 0) is 77.1 Å². The highest BCUT2D eigenvalue weighted by atomic mass is 19.1. The van der Waals surface area contributed by atoms with Crippen molar-refractivity contribution >= 4 is 33.3 Å². The van der Waals surface area contributed by atoms with Crippen LogP contribution in [0.3, 0.4) is 0 Å². The van der Waals surface area contributed by atoms with Crippen molar-refractivity contribution in [1.82, 2.24) is 0 Å². The van der Waals surface area contributed by atoms with Crippen molar-refractivity contribution in [3.8, 4) is 22.4 Å². The number of hydrogen-bond donors (Lipinski definition) is 0. The summed E-state index contributed by atoms with van der Waals surface area (Å²) in [7, 11) is 3.98. The van der Waals surface area contributed by atoms with Crippen molar-refractivity contribution in [1.29, 1.82) is 0 Å². The van der Waals surface area contributed by atoms with E-state index >= 15 is 4.39 Å². The molecule has 44 heavy (non-hydrogen) atoms. The zero-order valence-corrected chi connectivity index (χ0v) is 26.8. The number of para-hydroxylation sites is 1. The van der Waals surface area contributed by atoms with Crippen molar-refractivity contribution in [3.05, 3.63) is 114 Å². The van der Waals surface area contributed by atoms with Crippen LogP contribution in [0, 0.1) is 12.7 Å². The molecule has 1 aliphatic rings. The number of benzene rings is 4. The minimum Gasteiger partial charge on any atom is -0.454 e. The van der Waals surface area contributed by atoms with Crippen LogP contribution < -0.4 is 9.47 Å². The van der Waals surface area contributed by atoms with Crippen LogP contribution in [0.25, 0.3) is 44.3 Å². The van der Waals surface area contributed by atoms with Gasteiger partial charge in [-0.2, -0.15) is 0 Å². The molecular formula is C40H40FN2O+. The molecule has 0 saturated carbocycles. The third-order valence-electron chi connectivity index (χ3n) is 10.0. The van der Waals surface area contributed by atoms with Gasteiger partial charge < -0.3 is 9.32 Å². The smallest absolute Gasteiger partial charge is 0.216 e. The average Bonchev–Trinajstić information content (AvgIpc) is 3.37. The van der Waals surface area contributed by atoms with Crippen LogP contribution >= 0.6 is 0 Å². The first-order chi connectivity index (χ1) is 21.0. The van der Waals surface area contributed by atoms with Gasteiger partial charge in [-0.1, -0.05) is 76.2 Å². The Kier molecular flexibility index (Phi) is 6.47. The predicted molar refractivity (Wildman–Crippen MR) is 180 cm³/mol. The van der Waals surface area contributed by atoms with E-state index in [9.17, 15) is 0 Å². The first-order valence-corrected chi connectivity index (χ1v) is 15.6. The third-order valence-corrected chi connectivity index (χ3v) is 10.0. The summed E-state index contributed by atoms with van der Waals surface area (Å²) in [6.45, 7) is 11.4. The lowest BCUT2D eigenvalue weighted by atomic mass is 9.63. The highest BCUT2D eigenvalue weighted by molar-refractivity contribution is 6.14. The van der Waals surface area contributed by atoms with Crippen molar-refractivity contribution in [2.45, 2.75) is 58.3 Å². The molecule has 4 aromatic carbocycles. The Bertz CT molecular complexity index is 2070. The maximum absolute atomic E-state index is 17.2. The number of fused-ring (bicyclic) bond motifs is 4. The molecule has 0 saturated heterocycles. The van der Waals surface area contributed by atoms with Gasteiger partial charge in [-0.25, -0.2) is 8.96 Å². The highest BCUT2D eigenvalue weighted by Gasteiger charge is 2.37. The fraction of sp³-hybridized carbons (Fsp3) is 0.275. The molecule has 0 atom stereocenters. The summed E-state index contributed by atoms with van der Waals surface area (Å²) < 4.78 is 26.1. The van der Waals surface area contributed by atoms with Crippen LogP contribution in [0.15, 0.2) is 95.5 Å². The number of anilines is 2. The molecule has 6 aromatic rings. The lowest BCUT2D eigenvalue weighted by Crippen LogP contribution is -2.33. The van der Waals surface area contributed by atoms with Gasteiger partial charge in [0.25, 0.3) is 0 Å². The van der Waals surface area contributed by atoms with Gasteiger partial charge in [0.2, 0.25) is 5.69 Å². The van der Waals surface area contributed by atoms with Gasteiger partial charge in [-0.3, -0.25) is 0 Å². The first-order valence-electron chi connectivity index (χ1n) is 15.6. The third kappa shape index (κ3) is 4.34. The molecule has 0 spiro atoms. The molecule has 0 amide bonds. The molecule has 0 N–H and O–H groups in total. The monoisotopic (exact) mass is 583 g/mol. The van der Waals surface area contributed by atoms with Gasteiger partial charge in [0, 0.05) is 35.6 Å². The van der Waals surface area contributed by atoms with Crippen LogP contribution in [0.5, 0.6) is 0 Å². The Morgan fingerprint density at radius 2 is 1.43 bits per heavy atom. The molecular weight excluding hydrogens is 543 g/mol. The second kappa shape index (κ2) is 10.1. The molecule has 0 bridgehead atoms. The van der Waals surface area contributed by atoms with E-state index in [4.69, 9.17) is 4.42 Å². The maximum Gasteiger partial charge on any atom is 0.216 e. The second-order valence-electron chi connectivity index (χ2n) is 13.8. The van der Waals surface area contributed by atoms with Crippen LogP contribution in [-0.4, -0.2) is 7.05 Å². The van der Waals surface area contributed by atoms with Crippen molar-refractivity contribution in [3.63, 3.8) is 0 Å². The Hall–Kier alpha value is -4.44. The lowest BCUT2D eigenvalue weighted by molar-refractivity contribution is -0.660. The van der Waals surface area contributed by atoms with Gasteiger partial charge in [-0.15, -0.1) is 0 Å². The number of hydrogen-bond acceptors (Lipinski definition) is 2. The molecule has 222 valence electrons. The van der Waals surface area contributed by atoms with Crippen LogP contribution in [0.2, 0.25) is 0 Å². The molecule has 0 fully saturated rings. The first kappa shape index (κ1) is 28.3. The molecule has 0 aliphatic heterocycles.